The predicted molar refractivity (Wildman–Crippen MR) is 56.5 cm³/mol. The molecule has 1 amide bonds. The van der Waals surface area contributed by atoms with Gasteiger partial charge >= 0.3 is 0 Å². The van der Waals surface area contributed by atoms with E-state index in [9.17, 15) is 4.79 Å². The molecule has 0 fully saturated rings. The fourth-order valence-electron chi connectivity index (χ4n) is 1.14. The molecular weight excluding hydrogens is 192 g/mol. The number of hydrogen-bond donors (Lipinski definition) is 2. The van der Waals surface area contributed by atoms with Crippen LogP contribution in [0.15, 0.2) is 54.8 Å². The van der Waals surface area contributed by atoms with E-state index in [1.54, 1.807) is 6.20 Å². The minimum absolute atomic E-state index is 0.237. The van der Waals surface area contributed by atoms with E-state index in [0.29, 0.717) is 0 Å². The van der Waals surface area contributed by atoms with Gasteiger partial charge < -0.3 is 15.4 Å². The van der Waals surface area contributed by atoms with E-state index >= 15 is 0 Å². The van der Waals surface area contributed by atoms with Gasteiger partial charge in [-0.3, -0.25) is 4.79 Å². The Morgan fingerprint density at radius 2 is 2.07 bits per heavy atom. The van der Waals surface area contributed by atoms with Crippen LogP contribution in [0.5, 0.6) is 0 Å². The van der Waals surface area contributed by atoms with Crippen LogP contribution in [0.25, 0.3) is 0 Å². The third-order valence-electron chi connectivity index (χ3n) is 1.83. The zero-order valence-electron chi connectivity index (χ0n) is 7.94. The average molecular weight is 202 g/mol. The Balaban J connectivity index is 2.01. The Labute approximate surface area is 87.2 Å². The van der Waals surface area contributed by atoms with Crippen molar-refractivity contribution < 1.29 is 9.53 Å². The van der Waals surface area contributed by atoms with Crippen molar-refractivity contribution in [1.29, 1.82) is 0 Å². The van der Waals surface area contributed by atoms with Crippen molar-refractivity contribution in [3.63, 3.8) is 0 Å². The molecule has 1 aliphatic rings. The Bertz CT molecular complexity index is 410. The number of anilines is 1. The van der Waals surface area contributed by atoms with Gasteiger partial charge in [0.15, 0.2) is 0 Å². The number of para-hydroxylation sites is 1. The van der Waals surface area contributed by atoms with E-state index in [0.717, 1.165) is 5.69 Å². The monoisotopic (exact) mass is 202 g/mol. The minimum atomic E-state index is -0.280. The molecule has 76 valence electrons. The second kappa shape index (κ2) is 4.32. The van der Waals surface area contributed by atoms with Crippen molar-refractivity contribution in [2.75, 3.05) is 5.32 Å². The van der Waals surface area contributed by atoms with E-state index in [2.05, 4.69) is 10.6 Å². The minimum Gasteiger partial charge on any atom is -0.456 e. The summed E-state index contributed by atoms with van der Waals surface area (Å²) in [5.74, 6) is -0.0422. The molecule has 1 aliphatic heterocycles. The summed E-state index contributed by atoms with van der Waals surface area (Å²) in [6, 6.07) is 9.21. The smallest absolute Gasteiger partial charge is 0.292 e. The third kappa shape index (κ3) is 2.37. The molecular formula is C11H10N2O2. The van der Waals surface area contributed by atoms with Gasteiger partial charge in [-0.2, -0.15) is 0 Å². The molecule has 0 bridgehead atoms. The Morgan fingerprint density at radius 1 is 1.27 bits per heavy atom. The van der Waals surface area contributed by atoms with Gasteiger partial charge in [-0.1, -0.05) is 18.2 Å². The van der Waals surface area contributed by atoms with Crippen LogP contribution in [0.2, 0.25) is 0 Å². The highest BCUT2D eigenvalue weighted by atomic mass is 16.5. The van der Waals surface area contributed by atoms with Crippen LogP contribution < -0.4 is 10.6 Å². The van der Waals surface area contributed by atoms with Gasteiger partial charge in [0.25, 0.3) is 5.91 Å². The first kappa shape index (κ1) is 9.33. The van der Waals surface area contributed by atoms with Gasteiger partial charge in [0.1, 0.15) is 6.26 Å². The lowest BCUT2D eigenvalue weighted by molar-refractivity contribution is -0.115. The number of hydrogen-bond acceptors (Lipinski definition) is 3. The van der Waals surface area contributed by atoms with Gasteiger partial charge in [-0.15, -0.1) is 0 Å². The highest BCUT2D eigenvalue weighted by molar-refractivity contribution is 6.02. The van der Waals surface area contributed by atoms with E-state index in [1.165, 1.54) is 12.5 Å². The number of ether oxygens (including phenoxy) is 1. The number of carbonyl (C=O) groups is 1. The summed E-state index contributed by atoms with van der Waals surface area (Å²) in [6.07, 6.45) is 4.51. The van der Waals surface area contributed by atoms with Crippen LogP contribution in [0.4, 0.5) is 5.69 Å². The summed E-state index contributed by atoms with van der Waals surface area (Å²) in [5.41, 5.74) is 0.738. The zero-order valence-corrected chi connectivity index (χ0v) is 7.94. The first-order chi connectivity index (χ1) is 7.36. The lowest BCUT2D eigenvalue weighted by Crippen LogP contribution is -2.18. The maximum atomic E-state index is 11.6. The van der Waals surface area contributed by atoms with E-state index in [-0.39, 0.29) is 11.7 Å². The Hall–Kier alpha value is -2.23. The molecule has 4 nitrogen and oxygen atoms in total. The van der Waals surface area contributed by atoms with Crippen molar-refractivity contribution in [2.24, 2.45) is 0 Å². The maximum Gasteiger partial charge on any atom is 0.292 e. The summed E-state index contributed by atoms with van der Waals surface area (Å²) >= 11 is 0. The number of amides is 1. The van der Waals surface area contributed by atoms with Crippen molar-refractivity contribution >= 4 is 11.6 Å². The third-order valence-corrected chi connectivity index (χ3v) is 1.83. The summed E-state index contributed by atoms with van der Waals surface area (Å²) in [6.45, 7) is 0. The largest absolute Gasteiger partial charge is 0.456 e. The molecule has 4 heteroatoms. The molecule has 0 saturated carbocycles. The molecule has 0 aliphatic carbocycles. The number of rotatable bonds is 2. The molecule has 0 saturated heterocycles. The van der Waals surface area contributed by atoms with E-state index in [1.807, 2.05) is 30.3 Å². The summed E-state index contributed by atoms with van der Waals surface area (Å²) in [4.78, 5) is 11.6. The summed E-state index contributed by atoms with van der Waals surface area (Å²) in [5, 5.41) is 5.48. The fraction of sp³-hybridized carbons (Fsp3) is 0. The van der Waals surface area contributed by atoms with Crippen LogP contribution in [-0.4, -0.2) is 5.91 Å². The van der Waals surface area contributed by atoms with Crippen molar-refractivity contribution in [1.82, 2.24) is 5.32 Å². The normalized spacial score (nSPS) is 13.5. The quantitative estimate of drug-likeness (QED) is 0.765. The molecule has 1 aromatic carbocycles. The highest BCUT2D eigenvalue weighted by Gasteiger charge is 2.11. The van der Waals surface area contributed by atoms with Gasteiger partial charge in [0.2, 0.25) is 5.76 Å². The zero-order chi connectivity index (χ0) is 10.5. The molecule has 1 aromatic rings. The highest BCUT2D eigenvalue weighted by Crippen LogP contribution is 2.09. The van der Waals surface area contributed by atoms with Gasteiger partial charge in [-0.05, 0) is 12.1 Å². The second-order valence-electron chi connectivity index (χ2n) is 2.92. The standard InChI is InChI=1S/C11H10N2O2/c14-11(10-8-12-6-7-15-10)13-9-4-2-1-3-5-9/h1-8,12H,(H,13,14). The van der Waals surface area contributed by atoms with Crippen LogP contribution >= 0.6 is 0 Å². The topological polar surface area (TPSA) is 50.4 Å². The van der Waals surface area contributed by atoms with Crippen LogP contribution in [-0.2, 0) is 9.53 Å². The molecule has 0 unspecified atom stereocenters. The predicted octanol–water partition coefficient (Wildman–Crippen LogP) is 1.56. The maximum absolute atomic E-state index is 11.6. The van der Waals surface area contributed by atoms with Crippen LogP contribution in [0.3, 0.4) is 0 Å². The molecule has 0 radical (unpaired) electrons. The molecule has 0 atom stereocenters. The second-order valence-corrected chi connectivity index (χ2v) is 2.92. The summed E-state index contributed by atoms with van der Waals surface area (Å²) in [7, 11) is 0. The molecule has 15 heavy (non-hydrogen) atoms. The fourth-order valence-corrected chi connectivity index (χ4v) is 1.14. The Kier molecular flexibility index (Phi) is 2.69. The van der Waals surface area contributed by atoms with Gasteiger partial charge in [-0.25, -0.2) is 0 Å². The molecule has 1 heterocycles. The lowest BCUT2D eigenvalue weighted by atomic mass is 10.3. The number of benzene rings is 1. The van der Waals surface area contributed by atoms with Gasteiger partial charge in [0.05, 0.1) is 0 Å². The lowest BCUT2D eigenvalue weighted by Gasteiger charge is -2.10. The molecule has 0 spiro atoms. The summed E-state index contributed by atoms with van der Waals surface area (Å²) < 4.78 is 5.02. The average Bonchev–Trinajstić information content (AvgIpc) is 2.31. The van der Waals surface area contributed by atoms with E-state index in [4.69, 9.17) is 4.74 Å². The molecule has 2 N–H and O–H groups in total. The number of nitrogens with one attached hydrogen (secondary N) is 2. The van der Waals surface area contributed by atoms with Gasteiger partial charge in [0, 0.05) is 18.1 Å². The molecule has 2 rings (SSSR count). The van der Waals surface area contributed by atoms with Crippen molar-refractivity contribution in [2.45, 2.75) is 0 Å². The Morgan fingerprint density at radius 3 is 2.73 bits per heavy atom. The van der Waals surface area contributed by atoms with E-state index < -0.39 is 0 Å². The first-order valence-electron chi connectivity index (χ1n) is 4.50. The molecule has 0 aromatic heterocycles. The first-order valence-corrected chi connectivity index (χ1v) is 4.50. The van der Waals surface area contributed by atoms with Crippen LogP contribution in [0.1, 0.15) is 0 Å². The van der Waals surface area contributed by atoms with Crippen molar-refractivity contribution in [3.8, 4) is 0 Å². The SMILES string of the molecule is O=C(Nc1ccccc1)C1=CNC=CO1. The van der Waals surface area contributed by atoms with Crippen molar-refractivity contribution in [3.05, 3.63) is 54.8 Å². The van der Waals surface area contributed by atoms with Crippen LogP contribution in [0, 0.1) is 0 Å². The number of carbonyl (C=O) groups excluding carboxylic acids is 1.